The molecule has 2 aromatic rings. The van der Waals surface area contributed by atoms with E-state index in [-0.39, 0.29) is 23.7 Å². The maximum atomic E-state index is 12.6. The number of allylic oxidation sites excluding steroid dienone is 1. The first-order valence-corrected chi connectivity index (χ1v) is 8.66. The average Bonchev–Trinajstić information content (AvgIpc) is 2.67. The molecule has 6 N–H and O–H groups in total. The van der Waals surface area contributed by atoms with E-state index in [4.69, 9.17) is 9.47 Å². The van der Waals surface area contributed by atoms with E-state index < -0.39 is 41.9 Å². The first-order chi connectivity index (χ1) is 13.8. The number of ketones is 1. The van der Waals surface area contributed by atoms with Gasteiger partial charge < -0.3 is 40.1 Å². The summed E-state index contributed by atoms with van der Waals surface area (Å²) < 4.78 is 10.6. The summed E-state index contributed by atoms with van der Waals surface area (Å²) in [6, 6.07) is 8.04. The normalized spacial score (nSPS) is 24.5. The first kappa shape index (κ1) is 20.6. The van der Waals surface area contributed by atoms with Gasteiger partial charge in [0.25, 0.3) is 0 Å². The van der Waals surface area contributed by atoms with Crippen LogP contribution in [0.3, 0.4) is 0 Å². The van der Waals surface area contributed by atoms with Gasteiger partial charge in [-0.05, 0) is 23.8 Å². The van der Waals surface area contributed by atoms with Crippen LogP contribution in [0.2, 0.25) is 0 Å². The lowest BCUT2D eigenvalue weighted by atomic mass is 10.0. The van der Waals surface area contributed by atoms with Gasteiger partial charge in [0.15, 0.2) is 5.78 Å². The van der Waals surface area contributed by atoms with Crippen LogP contribution in [-0.4, -0.2) is 67.6 Å². The van der Waals surface area contributed by atoms with E-state index in [9.17, 15) is 35.4 Å². The second-order valence-corrected chi connectivity index (χ2v) is 6.50. The average molecular weight is 404 g/mol. The van der Waals surface area contributed by atoms with Gasteiger partial charge in [-0.3, -0.25) is 4.79 Å². The van der Waals surface area contributed by atoms with Crippen molar-refractivity contribution in [3.8, 4) is 23.0 Å². The number of aliphatic hydroxyl groups excluding tert-OH is 3. The summed E-state index contributed by atoms with van der Waals surface area (Å²) in [6.07, 6.45) is -3.31. The summed E-state index contributed by atoms with van der Waals surface area (Å²) in [7, 11) is 0. The molecule has 1 heterocycles. The van der Waals surface area contributed by atoms with E-state index in [0.29, 0.717) is 5.56 Å². The fourth-order valence-corrected chi connectivity index (χ4v) is 2.78. The van der Waals surface area contributed by atoms with Crippen molar-refractivity contribution < 1.29 is 44.9 Å². The molecule has 1 saturated heterocycles. The van der Waals surface area contributed by atoms with Crippen LogP contribution >= 0.6 is 0 Å². The van der Waals surface area contributed by atoms with Crippen molar-refractivity contribution in [3.63, 3.8) is 0 Å². The number of carbonyl (C=O) groups excluding carboxylic acids is 1. The van der Waals surface area contributed by atoms with Crippen molar-refractivity contribution in [1.82, 2.24) is 0 Å². The monoisotopic (exact) mass is 404 g/mol. The van der Waals surface area contributed by atoms with E-state index in [1.807, 2.05) is 0 Å². The number of phenols is 3. The Kier molecular flexibility index (Phi) is 6.04. The molecule has 0 saturated carbocycles. The third kappa shape index (κ3) is 4.66. The zero-order valence-corrected chi connectivity index (χ0v) is 15.0. The maximum Gasteiger partial charge on any atom is 0.228 e. The minimum absolute atomic E-state index is 0.0682. The largest absolute Gasteiger partial charge is 0.508 e. The summed E-state index contributed by atoms with van der Waals surface area (Å²) in [5, 5.41) is 58.4. The molecule has 29 heavy (non-hydrogen) atoms. The van der Waals surface area contributed by atoms with Crippen LogP contribution in [0.5, 0.6) is 23.0 Å². The number of hydrogen-bond donors (Lipinski definition) is 6. The minimum Gasteiger partial charge on any atom is -0.508 e. The van der Waals surface area contributed by atoms with Gasteiger partial charge in [-0.1, -0.05) is 18.2 Å². The number of ether oxygens (including phenoxy) is 2. The number of phenolic OH excluding ortho intramolecular Hbond substituents is 3. The Labute approximate surface area is 165 Å². The van der Waals surface area contributed by atoms with Crippen molar-refractivity contribution >= 4 is 11.9 Å². The van der Waals surface area contributed by atoms with E-state index in [1.165, 1.54) is 18.2 Å². The fourth-order valence-electron chi connectivity index (χ4n) is 2.78. The smallest absolute Gasteiger partial charge is 0.228 e. The predicted octanol–water partition coefficient (Wildman–Crippen LogP) is 0.517. The zero-order chi connectivity index (χ0) is 21.1. The lowest BCUT2D eigenvalue weighted by Gasteiger charge is -2.35. The van der Waals surface area contributed by atoms with Gasteiger partial charge in [0.2, 0.25) is 6.29 Å². The molecule has 0 radical (unpaired) electrons. The van der Waals surface area contributed by atoms with Crippen LogP contribution in [0.15, 0.2) is 42.5 Å². The SMILES string of the molecule is O=C(/C=C/c1ccc(O)cc1)c1c(O)cc(O)cc1O[C@@H]1OC[C@@H](O)[C@H](O)C1O. The fraction of sp³-hybridized carbons (Fsp3) is 0.250. The number of aliphatic hydroxyl groups is 3. The summed E-state index contributed by atoms with van der Waals surface area (Å²) in [4.78, 5) is 12.6. The molecule has 154 valence electrons. The number of carbonyl (C=O) groups is 1. The highest BCUT2D eigenvalue weighted by Crippen LogP contribution is 2.35. The third-order valence-electron chi connectivity index (χ3n) is 4.33. The molecular weight excluding hydrogens is 384 g/mol. The third-order valence-corrected chi connectivity index (χ3v) is 4.33. The van der Waals surface area contributed by atoms with Crippen LogP contribution in [0, 0.1) is 0 Å². The van der Waals surface area contributed by atoms with Crippen molar-refractivity contribution in [2.24, 2.45) is 0 Å². The van der Waals surface area contributed by atoms with Crippen molar-refractivity contribution in [2.75, 3.05) is 6.61 Å². The van der Waals surface area contributed by atoms with E-state index in [2.05, 4.69) is 0 Å². The van der Waals surface area contributed by atoms with Crippen LogP contribution in [-0.2, 0) is 4.74 Å². The molecule has 0 bridgehead atoms. The summed E-state index contributed by atoms with van der Waals surface area (Å²) in [5.74, 6) is -1.85. The molecule has 4 atom stereocenters. The van der Waals surface area contributed by atoms with E-state index >= 15 is 0 Å². The van der Waals surface area contributed by atoms with Gasteiger partial charge >= 0.3 is 0 Å². The van der Waals surface area contributed by atoms with Crippen LogP contribution < -0.4 is 4.74 Å². The lowest BCUT2D eigenvalue weighted by Crippen LogP contribution is -2.54. The van der Waals surface area contributed by atoms with Gasteiger partial charge in [-0.2, -0.15) is 0 Å². The Hall–Kier alpha value is -3.11. The molecule has 1 aliphatic rings. The number of hydrogen-bond acceptors (Lipinski definition) is 9. The second-order valence-electron chi connectivity index (χ2n) is 6.50. The van der Waals surface area contributed by atoms with Gasteiger partial charge in [0.05, 0.1) is 6.61 Å². The van der Waals surface area contributed by atoms with Gasteiger partial charge in [0.1, 0.15) is 46.9 Å². The van der Waals surface area contributed by atoms with E-state index in [1.54, 1.807) is 12.1 Å². The molecule has 0 spiro atoms. The number of rotatable bonds is 5. The van der Waals surface area contributed by atoms with Gasteiger partial charge in [-0.25, -0.2) is 0 Å². The summed E-state index contributed by atoms with van der Waals surface area (Å²) in [6.45, 7) is -0.322. The minimum atomic E-state index is -1.63. The standard InChI is InChI=1S/C20H20O9/c21-11-4-1-10(2-5-11)3-6-13(23)17-14(24)7-12(22)8-16(17)29-20-19(27)18(26)15(25)9-28-20/h1-8,15,18-22,24-27H,9H2/b6-3+/t15-,18+,19?,20+/m1/s1. The van der Waals surface area contributed by atoms with Gasteiger partial charge in [-0.15, -0.1) is 0 Å². The Bertz CT molecular complexity index is 907. The molecular formula is C20H20O9. The quantitative estimate of drug-likeness (QED) is 0.309. The zero-order valence-electron chi connectivity index (χ0n) is 15.0. The molecule has 0 amide bonds. The molecule has 1 fully saturated rings. The Morgan fingerprint density at radius 2 is 1.69 bits per heavy atom. The maximum absolute atomic E-state index is 12.6. The van der Waals surface area contributed by atoms with Crippen LogP contribution in [0.1, 0.15) is 15.9 Å². The molecule has 9 nitrogen and oxygen atoms in total. The molecule has 1 aliphatic heterocycles. The second kappa shape index (κ2) is 8.50. The van der Waals surface area contributed by atoms with E-state index in [0.717, 1.165) is 18.2 Å². The molecule has 0 aromatic heterocycles. The number of benzene rings is 2. The van der Waals surface area contributed by atoms with Crippen molar-refractivity contribution in [1.29, 1.82) is 0 Å². The topological polar surface area (TPSA) is 157 Å². The predicted molar refractivity (Wildman–Crippen MR) is 99.6 cm³/mol. The summed E-state index contributed by atoms with van der Waals surface area (Å²) in [5.41, 5.74) is 0.314. The molecule has 1 unspecified atom stereocenters. The highest BCUT2D eigenvalue weighted by atomic mass is 16.7. The van der Waals surface area contributed by atoms with Crippen molar-refractivity contribution in [2.45, 2.75) is 24.6 Å². The number of aromatic hydroxyl groups is 3. The highest BCUT2D eigenvalue weighted by molar-refractivity contribution is 6.10. The first-order valence-electron chi connectivity index (χ1n) is 8.66. The Morgan fingerprint density at radius 1 is 1.00 bits per heavy atom. The van der Waals surface area contributed by atoms with Crippen LogP contribution in [0.25, 0.3) is 6.08 Å². The Balaban J connectivity index is 1.87. The molecule has 9 heteroatoms. The highest BCUT2D eigenvalue weighted by Gasteiger charge is 2.39. The van der Waals surface area contributed by atoms with Gasteiger partial charge in [0, 0.05) is 12.1 Å². The van der Waals surface area contributed by atoms with Crippen LogP contribution in [0.4, 0.5) is 0 Å². The Morgan fingerprint density at radius 3 is 2.38 bits per heavy atom. The molecule has 3 rings (SSSR count). The summed E-state index contributed by atoms with van der Waals surface area (Å²) >= 11 is 0. The lowest BCUT2D eigenvalue weighted by molar-refractivity contribution is -0.242. The van der Waals surface area contributed by atoms with Crippen molar-refractivity contribution in [3.05, 3.63) is 53.6 Å². The molecule has 2 aromatic carbocycles. The molecule has 0 aliphatic carbocycles.